The van der Waals surface area contributed by atoms with Crippen LogP contribution in [0.15, 0.2) is 85.1 Å². The summed E-state index contributed by atoms with van der Waals surface area (Å²) in [5.41, 5.74) is 3.47. The fraction of sp³-hybridized carbons (Fsp3) is 0.0417. The minimum atomic E-state index is -0.150. The Balaban J connectivity index is 1.57. The summed E-state index contributed by atoms with van der Waals surface area (Å²) in [6, 6.07) is 17.0. The Kier molecular flexibility index (Phi) is 5.68. The molecule has 4 rings (SSSR count). The van der Waals surface area contributed by atoms with Crippen LogP contribution in [0.1, 0.15) is 15.9 Å². The lowest BCUT2D eigenvalue weighted by molar-refractivity contribution is 0.105. The average Bonchev–Trinajstić information content (AvgIpc) is 3.34. The van der Waals surface area contributed by atoms with Crippen molar-refractivity contribution in [3.63, 3.8) is 0 Å². The van der Waals surface area contributed by atoms with Gasteiger partial charge in [0.25, 0.3) is 0 Å². The third-order valence-corrected chi connectivity index (χ3v) is 5.51. The highest BCUT2D eigenvalue weighted by Crippen LogP contribution is 2.34. The molecule has 4 aromatic rings. The van der Waals surface area contributed by atoms with Gasteiger partial charge < -0.3 is 10.1 Å². The molecule has 0 fully saturated rings. The van der Waals surface area contributed by atoms with E-state index in [2.05, 4.69) is 21.9 Å². The van der Waals surface area contributed by atoms with Gasteiger partial charge in [0.2, 0.25) is 0 Å². The molecule has 0 radical (unpaired) electrons. The number of Topliss-reactive ketones (excluding diaryl/α,β-unsaturated/α-hetero) is 1. The average molecular weight is 414 g/mol. The number of methoxy groups -OCH3 is 1. The van der Waals surface area contributed by atoms with Gasteiger partial charge in [-0.05, 0) is 59.5 Å². The van der Waals surface area contributed by atoms with Crippen molar-refractivity contribution in [1.29, 1.82) is 0 Å². The number of thiophene rings is 1. The van der Waals surface area contributed by atoms with E-state index in [1.54, 1.807) is 49.2 Å². The molecule has 0 aliphatic carbocycles. The van der Waals surface area contributed by atoms with Crippen LogP contribution in [-0.2, 0) is 0 Å². The molecule has 2 aromatic carbocycles. The van der Waals surface area contributed by atoms with Crippen molar-refractivity contribution >= 4 is 34.2 Å². The van der Waals surface area contributed by atoms with Crippen LogP contribution in [0.3, 0.4) is 0 Å². The predicted octanol–water partition coefficient (Wildman–Crippen LogP) is 5.85. The maximum Gasteiger partial charge on any atom is 0.193 e. The number of allylic oxidation sites excluding steroid dienone is 1. The number of nitrogens with one attached hydrogen (secondary N) is 1. The van der Waals surface area contributed by atoms with Crippen molar-refractivity contribution in [1.82, 2.24) is 9.97 Å². The van der Waals surface area contributed by atoms with Crippen LogP contribution in [0.2, 0.25) is 0 Å². The van der Waals surface area contributed by atoms with Crippen LogP contribution in [0.5, 0.6) is 5.75 Å². The number of ether oxygens (including phenoxy) is 1. The number of hydrogen-bond donors (Lipinski definition) is 1. The summed E-state index contributed by atoms with van der Waals surface area (Å²) in [5.74, 6) is 1.10. The van der Waals surface area contributed by atoms with E-state index in [0.717, 1.165) is 16.1 Å². The SMILES string of the molecule is C=C(C(=O)c1ccc(Nc2cnccn2)cc1)c1cc(-c2cccs2)ccc1OC. The van der Waals surface area contributed by atoms with Crippen LogP contribution in [0.4, 0.5) is 11.5 Å². The van der Waals surface area contributed by atoms with E-state index in [4.69, 9.17) is 4.74 Å². The highest BCUT2D eigenvalue weighted by atomic mass is 32.1. The normalized spacial score (nSPS) is 10.4. The molecule has 6 heteroatoms. The lowest BCUT2D eigenvalue weighted by Gasteiger charge is -2.13. The molecule has 0 spiro atoms. The van der Waals surface area contributed by atoms with Gasteiger partial charge in [0, 0.05) is 39.7 Å². The molecule has 1 N–H and O–H groups in total. The monoisotopic (exact) mass is 413 g/mol. The Hall–Kier alpha value is -3.77. The molecule has 148 valence electrons. The summed E-state index contributed by atoms with van der Waals surface area (Å²) in [6.07, 6.45) is 4.86. The van der Waals surface area contributed by atoms with Crippen LogP contribution < -0.4 is 10.1 Å². The second-order valence-corrected chi connectivity index (χ2v) is 7.44. The van der Waals surface area contributed by atoms with Crippen LogP contribution in [0.25, 0.3) is 16.0 Å². The number of benzene rings is 2. The minimum Gasteiger partial charge on any atom is -0.496 e. The van der Waals surface area contributed by atoms with E-state index in [9.17, 15) is 4.79 Å². The highest BCUT2D eigenvalue weighted by Gasteiger charge is 2.17. The lowest BCUT2D eigenvalue weighted by atomic mass is 9.95. The van der Waals surface area contributed by atoms with E-state index in [1.165, 1.54) is 0 Å². The molecule has 0 bridgehead atoms. The molecule has 5 nitrogen and oxygen atoms in total. The summed E-state index contributed by atoms with van der Waals surface area (Å²) < 4.78 is 5.48. The second kappa shape index (κ2) is 8.71. The van der Waals surface area contributed by atoms with Crippen molar-refractivity contribution in [3.05, 3.63) is 96.3 Å². The zero-order valence-corrected chi connectivity index (χ0v) is 17.1. The predicted molar refractivity (Wildman–Crippen MR) is 121 cm³/mol. The van der Waals surface area contributed by atoms with Gasteiger partial charge in [-0.2, -0.15) is 0 Å². The molecule has 2 heterocycles. The molecule has 0 aliphatic heterocycles. The largest absolute Gasteiger partial charge is 0.496 e. The molecule has 0 atom stereocenters. The van der Waals surface area contributed by atoms with Gasteiger partial charge >= 0.3 is 0 Å². The third kappa shape index (κ3) is 4.14. The number of anilines is 2. The highest BCUT2D eigenvalue weighted by molar-refractivity contribution is 7.13. The number of aromatic nitrogens is 2. The first-order valence-electron chi connectivity index (χ1n) is 9.24. The maximum atomic E-state index is 13.1. The maximum absolute atomic E-state index is 13.1. The topological polar surface area (TPSA) is 64.1 Å². The first-order chi connectivity index (χ1) is 14.7. The fourth-order valence-corrected chi connectivity index (χ4v) is 3.78. The molecular weight excluding hydrogens is 394 g/mol. The number of nitrogens with zero attached hydrogens (tertiary/aromatic N) is 2. The smallest absolute Gasteiger partial charge is 0.193 e. The summed E-state index contributed by atoms with van der Waals surface area (Å²) >= 11 is 1.64. The van der Waals surface area contributed by atoms with Gasteiger partial charge in [0.1, 0.15) is 11.6 Å². The lowest BCUT2D eigenvalue weighted by Crippen LogP contribution is -2.04. The number of carbonyl (C=O) groups is 1. The van der Waals surface area contributed by atoms with Crippen molar-refractivity contribution in [3.8, 4) is 16.2 Å². The van der Waals surface area contributed by atoms with E-state index >= 15 is 0 Å². The minimum absolute atomic E-state index is 0.150. The second-order valence-electron chi connectivity index (χ2n) is 6.49. The van der Waals surface area contributed by atoms with Crippen molar-refractivity contribution in [2.45, 2.75) is 0 Å². The zero-order valence-electron chi connectivity index (χ0n) is 16.3. The van der Waals surface area contributed by atoms with Crippen LogP contribution in [-0.4, -0.2) is 22.9 Å². The van der Waals surface area contributed by atoms with Gasteiger partial charge in [-0.1, -0.05) is 12.6 Å². The fourth-order valence-electron chi connectivity index (χ4n) is 3.05. The molecular formula is C24H19N3O2S. The summed E-state index contributed by atoms with van der Waals surface area (Å²) in [5, 5.41) is 5.17. The Morgan fingerprint density at radius 3 is 2.60 bits per heavy atom. The van der Waals surface area contributed by atoms with E-state index < -0.39 is 0 Å². The standard InChI is InChI=1S/C24H19N3O2S/c1-16(20-14-18(7-10-21(20)29-2)22-4-3-13-30-22)24(28)17-5-8-19(9-6-17)27-23-15-25-11-12-26-23/h3-15H,1H2,2H3,(H,26,27). The Labute approximate surface area is 178 Å². The number of rotatable bonds is 7. The molecule has 0 unspecified atom stereocenters. The van der Waals surface area contributed by atoms with Gasteiger partial charge in [-0.15, -0.1) is 11.3 Å². The van der Waals surface area contributed by atoms with Gasteiger partial charge in [0.15, 0.2) is 5.78 Å². The Bertz CT molecular complexity index is 1170. The number of hydrogen-bond acceptors (Lipinski definition) is 6. The summed E-state index contributed by atoms with van der Waals surface area (Å²) in [4.78, 5) is 22.4. The number of carbonyl (C=O) groups excluding carboxylic acids is 1. The van der Waals surface area contributed by atoms with Crippen LogP contribution >= 0.6 is 11.3 Å². The summed E-state index contributed by atoms with van der Waals surface area (Å²) in [7, 11) is 1.59. The first kappa shape index (κ1) is 19.5. The number of ketones is 1. The Morgan fingerprint density at radius 1 is 1.10 bits per heavy atom. The van der Waals surface area contributed by atoms with Crippen molar-refractivity contribution in [2.24, 2.45) is 0 Å². The van der Waals surface area contributed by atoms with E-state index in [1.807, 2.05) is 47.8 Å². The quantitative estimate of drug-likeness (QED) is 0.304. The van der Waals surface area contributed by atoms with Gasteiger partial charge in [-0.3, -0.25) is 9.78 Å². The van der Waals surface area contributed by atoms with E-state index in [-0.39, 0.29) is 5.78 Å². The molecule has 0 aliphatic rings. The molecule has 30 heavy (non-hydrogen) atoms. The van der Waals surface area contributed by atoms with Gasteiger partial charge in [0.05, 0.1) is 13.3 Å². The third-order valence-electron chi connectivity index (χ3n) is 4.59. The molecule has 0 saturated carbocycles. The zero-order chi connectivity index (χ0) is 20.9. The Morgan fingerprint density at radius 2 is 1.93 bits per heavy atom. The molecule has 2 aromatic heterocycles. The van der Waals surface area contributed by atoms with E-state index in [0.29, 0.717) is 28.3 Å². The molecule has 0 saturated heterocycles. The summed E-state index contributed by atoms with van der Waals surface area (Å²) in [6.45, 7) is 4.06. The van der Waals surface area contributed by atoms with Crippen molar-refractivity contribution < 1.29 is 9.53 Å². The van der Waals surface area contributed by atoms with Crippen LogP contribution in [0, 0.1) is 0 Å². The van der Waals surface area contributed by atoms with Gasteiger partial charge in [-0.25, -0.2) is 4.98 Å². The first-order valence-corrected chi connectivity index (χ1v) is 10.1. The molecule has 0 amide bonds. The van der Waals surface area contributed by atoms with Crippen molar-refractivity contribution in [2.75, 3.05) is 12.4 Å².